The van der Waals surface area contributed by atoms with Crippen molar-refractivity contribution in [1.29, 1.82) is 0 Å². The summed E-state index contributed by atoms with van der Waals surface area (Å²) >= 11 is 6.04. The van der Waals surface area contributed by atoms with Crippen molar-refractivity contribution >= 4 is 17.5 Å². The van der Waals surface area contributed by atoms with Gasteiger partial charge in [0.15, 0.2) is 0 Å². The van der Waals surface area contributed by atoms with Crippen LogP contribution in [0.1, 0.15) is 29.3 Å². The largest absolute Gasteiger partial charge is 0.439 e. The van der Waals surface area contributed by atoms with Crippen LogP contribution in [0.15, 0.2) is 84.9 Å². The predicted molar refractivity (Wildman–Crippen MR) is 132 cm³/mol. The number of carbonyl (C=O) groups is 1. The number of aromatic nitrogens is 2. The number of carbonyl (C=O) groups excluding carboxylic acids is 1. The summed E-state index contributed by atoms with van der Waals surface area (Å²) in [5, 5.41) is 5.41. The van der Waals surface area contributed by atoms with Gasteiger partial charge in [0.2, 0.25) is 5.88 Å². The van der Waals surface area contributed by atoms with E-state index in [-0.39, 0.29) is 5.91 Å². The Morgan fingerprint density at radius 1 is 0.970 bits per heavy atom. The van der Waals surface area contributed by atoms with Crippen LogP contribution in [0.5, 0.6) is 11.6 Å². The first-order chi connectivity index (χ1) is 16.1. The molecule has 33 heavy (non-hydrogen) atoms. The number of hydrogen-bond donors (Lipinski definition) is 0. The summed E-state index contributed by atoms with van der Waals surface area (Å²) < 4.78 is 7.99. The molecule has 0 spiro atoms. The van der Waals surface area contributed by atoms with Gasteiger partial charge in [-0.15, -0.1) is 0 Å². The molecule has 0 saturated carbocycles. The topological polar surface area (TPSA) is 47.4 Å². The number of nitrogens with zero attached hydrogens (tertiary/aromatic N) is 3. The molecule has 0 aliphatic rings. The number of halogens is 1. The van der Waals surface area contributed by atoms with Gasteiger partial charge in [-0.3, -0.25) is 4.79 Å². The van der Waals surface area contributed by atoms with Crippen LogP contribution >= 0.6 is 11.6 Å². The third kappa shape index (κ3) is 5.26. The highest BCUT2D eigenvalue weighted by molar-refractivity contribution is 6.30. The van der Waals surface area contributed by atoms with E-state index in [0.29, 0.717) is 35.3 Å². The Hall–Kier alpha value is -3.57. The second-order valence-corrected chi connectivity index (χ2v) is 8.21. The zero-order valence-electron chi connectivity index (χ0n) is 18.7. The Kier molecular flexibility index (Phi) is 7.10. The Morgan fingerprint density at radius 2 is 1.61 bits per heavy atom. The zero-order chi connectivity index (χ0) is 23.2. The lowest BCUT2D eigenvalue weighted by atomic mass is 10.1. The highest BCUT2D eigenvalue weighted by Gasteiger charge is 2.24. The van der Waals surface area contributed by atoms with E-state index >= 15 is 0 Å². The first kappa shape index (κ1) is 22.6. The van der Waals surface area contributed by atoms with Gasteiger partial charge in [-0.25, -0.2) is 4.68 Å². The van der Waals surface area contributed by atoms with E-state index in [2.05, 4.69) is 6.92 Å². The van der Waals surface area contributed by atoms with Crippen LogP contribution in [0.4, 0.5) is 0 Å². The highest BCUT2D eigenvalue weighted by Crippen LogP contribution is 2.34. The zero-order valence-corrected chi connectivity index (χ0v) is 19.5. The normalized spacial score (nSPS) is 10.8. The molecule has 5 nitrogen and oxygen atoms in total. The first-order valence-corrected chi connectivity index (χ1v) is 11.3. The second kappa shape index (κ2) is 10.4. The number of amides is 1. The third-order valence-electron chi connectivity index (χ3n) is 5.31. The van der Waals surface area contributed by atoms with Crippen molar-refractivity contribution in [3.05, 3.63) is 101 Å². The van der Waals surface area contributed by atoms with Crippen LogP contribution in [-0.4, -0.2) is 27.1 Å². The summed E-state index contributed by atoms with van der Waals surface area (Å²) in [6.45, 7) is 3.07. The maximum Gasteiger partial charge on any atom is 0.254 e. The molecule has 1 aromatic heterocycles. The SMILES string of the molecule is CCCN(Cc1c(-c2ccccc2)nn(C)c1Oc1ccc(Cl)cc1)C(=O)c1ccccc1. The van der Waals surface area contributed by atoms with Crippen LogP contribution in [0, 0.1) is 0 Å². The smallest absolute Gasteiger partial charge is 0.254 e. The lowest BCUT2D eigenvalue weighted by Crippen LogP contribution is -2.31. The van der Waals surface area contributed by atoms with Crippen molar-refractivity contribution in [3.63, 3.8) is 0 Å². The van der Waals surface area contributed by atoms with E-state index < -0.39 is 0 Å². The molecule has 1 heterocycles. The van der Waals surface area contributed by atoms with E-state index in [4.69, 9.17) is 21.4 Å². The summed E-state index contributed by atoms with van der Waals surface area (Å²) in [7, 11) is 1.85. The van der Waals surface area contributed by atoms with Gasteiger partial charge in [0.1, 0.15) is 11.4 Å². The molecular formula is C27H26ClN3O2. The minimum Gasteiger partial charge on any atom is -0.439 e. The average Bonchev–Trinajstić information content (AvgIpc) is 3.15. The Bertz CT molecular complexity index is 1210. The maximum atomic E-state index is 13.3. The minimum absolute atomic E-state index is 0.0160. The van der Waals surface area contributed by atoms with Gasteiger partial charge in [0.25, 0.3) is 5.91 Å². The number of benzene rings is 3. The number of aryl methyl sites for hydroxylation is 1. The van der Waals surface area contributed by atoms with Crippen LogP contribution in [-0.2, 0) is 13.6 Å². The van der Waals surface area contributed by atoms with Crippen molar-refractivity contribution in [3.8, 4) is 22.9 Å². The lowest BCUT2D eigenvalue weighted by Gasteiger charge is -2.23. The maximum absolute atomic E-state index is 13.3. The summed E-state index contributed by atoms with van der Waals surface area (Å²) in [6, 6.07) is 26.5. The molecule has 0 bridgehead atoms. The van der Waals surface area contributed by atoms with Crippen molar-refractivity contribution in [1.82, 2.24) is 14.7 Å². The summed E-state index contributed by atoms with van der Waals surface area (Å²) in [5.74, 6) is 1.23. The second-order valence-electron chi connectivity index (χ2n) is 7.77. The fourth-order valence-electron chi connectivity index (χ4n) is 3.74. The van der Waals surface area contributed by atoms with Crippen LogP contribution in [0.3, 0.4) is 0 Å². The van der Waals surface area contributed by atoms with Gasteiger partial charge in [-0.05, 0) is 42.8 Å². The molecule has 6 heteroatoms. The highest BCUT2D eigenvalue weighted by atomic mass is 35.5. The third-order valence-corrected chi connectivity index (χ3v) is 5.57. The monoisotopic (exact) mass is 459 g/mol. The Balaban J connectivity index is 1.76. The van der Waals surface area contributed by atoms with E-state index in [1.165, 1.54) is 0 Å². The fourth-order valence-corrected chi connectivity index (χ4v) is 3.87. The van der Waals surface area contributed by atoms with Crippen molar-refractivity contribution in [2.75, 3.05) is 6.54 Å². The van der Waals surface area contributed by atoms with Gasteiger partial charge in [-0.1, -0.05) is 67.1 Å². The molecule has 4 rings (SSSR count). The minimum atomic E-state index is -0.0160. The summed E-state index contributed by atoms with van der Waals surface area (Å²) in [6.07, 6.45) is 0.840. The molecule has 168 valence electrons. The van der Waals surface area contributed by atoms with Crippen LogP contribution in [0.25, 0.3) is 11.3 Å². The summed E-state index contributed by atoms with van der Waals surface area (Å²) in [4.78, 5) is 15.2. The lowest BCUT2D eigenvalue weighted by molar-refractivity contribution is 0.0742. The first-order valence-electron chi connectivity index (χ1n) is 11.0. The quantitative estimate of drug-likeness (QED) is 0.299. The molecule has 0 atom stereocenters. The van der Waals surface area contributed by atoms with Crippen molar-refractivity contribution in [2.45, 2.75) is 19.9 Å². The van der Waals surface area contributed by atoms with E-state index in [0.717, 1.165) is 23.2 Å². The number of hydrogen-bond acceptors (Lipinski definition) is 3. The van der Waals surface area contributed by atoms with Gasteiger partial charge in [0.05, 0.1) is 12.1 Å². The van der Waals surface area contributed by atoms with Crippen LogP contribution in [0.2, 0.25) is 5.02 Å². The van der Waals surface area contributed by atoms with Gasteiger partial charge >= 0.3 is 0 Å². The standard InChI is InChI=1S/C27H26ClN3O2/c1-3-18-31(26(32)21-12-8-5-9-13-21)19-24-25(20-10-6-4-7-11-20)29-30(2)27(24)33-23-16-14-22(28)15-17-23/h4-17H,3,18-19H2,1-2H3. The van der Waals surface area contributed by atoms with Crippen molar-refractivity contribution in [2.24, 2.45) is 7.05 Å². The molecule has 0 radical (unpaired) electrons. The average molecular weight is 460 g/mol. The molecule has 0 aliphatic heterocycles. The van der Waals surface area contributed by atoms with Gasteiger partial charge in [-0.2, -0.15) is 5.10 Å². The van der Waals surface area contributed by atoms with E-state index in [1.54, 1.807) is 16.8 Å². The molecule has 1 amide bonds. The van der Waals surface area contributed by atoms with E-state index in [1.807, 2.05) is 84.7 Å². The van der Waals surface area contributed by atoms with E-state index in [9.17, 15) is 4.79 Å². The van der Waals surface area contributed by atoms with Crippen LogP contribution < -0.4 is 4.74 Å². The van der Waals surface area contributed by atoms with Gasteiger partial charge in [0, 0.05) is 29.7 Å². The van der Waals surface area contributed by atoms with Crippen molar-refractivity contribution < 1.29 is 9.53 Å². The molecule has 4 aromatic rings. The Labute approximate surface area is 199 Å². The molecular weight excluding hydrogens is 434 g/mol. The van der Waals surface area contributed by atoms with Gasteiger partial charge < -0.3 is 9.64 Å². The summed E-state index contributed by atoms with van der Waals surface area (Å²) in [5.41, 5.74) is 3.29. The molecule has 0 N–H and O–H groups in total. The molecule has 0 aliphatic carbocycles. The number of ether oxygens (including phenoxy) is 1. The predicted octanol–water partition coefficient (Wildman–Crippen LogP) is 6.59. The Morgan fingerprint density at radius 3 is 2.24 bits per heavy atom. The molecule has 0 saturated heterocycles. The fraction of sp³-hybridized carbons (Fsp3) is 0.185. The molecule has 0 fully saturated rings. The molecule has 3 aromatic carbocycles. The molecule has 0 unspecified atom stereocenters. The number of rotatable bonds is 8.